The molecule has 0 unspecified atom stereocenters. The van der Waals surface area contributed by atoms with Gasteiger partial charge in [0, 0.05) is 0 Å². The summed E-state index contributed by atoms with van der Waals surface area (Å²) in [4.78, 5) is 0. The van der Waals surface area contributed by atoms with Crippen LogP contribution in [-0.2, 0) is 0 Å². The van der Waals surface area contributed by atoms with Gasteiger partial charge in [0.25, 0.3) is 0 Å². The molecule has 0 aromatic rings. The van der Waals surface area contributed by atoms with E-state index >= 15 is 0 Å². The van der Waals surface area contributed by atoms with E-state index in [9.17, 15) is 0 Å². The molecule has 0 bridgehead atoms. The van der Waals surface area contributed by atoms with Crippen LogP contribution >= 0.6 is 0 Å². The lowest BCUT2D eigenvalue weighted by atomic mass is 10.1. The molecular weight excluding hydrogens is 168 g/mol. The molecule has 78 valence electrons. The van der Waals surface area contributed by atoms with Crippen molar-refractivity contribution in [2.45, 2.75) is 51.4 Å². The summed E-state index contributed by atoms with van der Waals surface area (Å²) in [6.07, 6.45) is 24.0. The van der Waals surface area contributed by atoms with Gasteiger partial charge in [-0.2, -0.15) is 0 Å². The van der Waals surface area contributed by atoms with Crippen LogP contribution in [0.1, 0.15) is 51.4 Å². The first-order valence-electron chi connectivity index (χ1n) is 5.95. The highest BCUT2D eigenvalue weighted by Gasteiger charge is 1.86. The van der Waals surface area contributed by atoms with Crippen LogP contribution in [-0.4, -0.2) is 0 Å². The fourth-order valence-corrected chi connectivity index (χ4v) is 1.64. The highest BCUT2D eigenvalue weighted by molar-refractivity contribution is 4.94. The molecule has 0 aromatic carbocycles. The van der Waals surface area contributed by atoms with E-state index in [-0.39, 0.29) is 0 Å². The molecule has 0 atom stereocenters. The van der Waals surface area contributed by atoms with Crippen molar-refractivity contribution in [1.29, 1.82) is 0 Å². The van der Waals surface area contributed by atoms with E-state index in [2.05, 4.69) is 36.5 Å². The lowest BCUT2D eigenvalue weighted by Crippen LogP contribution is -1.76. The molecule has 0 aromatic heterocycles. The van der Waals surface area contributed by atoms with Gasteiger partial charge in [0.2, 0.25) is 0 Å². The third kappa shape index (κ3) is 6.71. The minimum Gasteiger partial charge on any atom is -0.0885 e. The SMILES string of the molecule is C1=C/CC/C=C/CCCCC/C=C/C/1. The molecule has 1 aliphatic rings. The van der Waals surface area contributed by atoms with Crippen LogP contribution in [0.5, 0.6) is 0 Å². The molecule has 14 heavy (non-hydrogen) atoms. The fourth-order valence-electron chi connectivity index (χ4n) is 1.64. The highest BCUT2D eigenvalue weighted by atomic mass is 13.9. The van der Waals surface area contributed by atoms with Crippen LogP contribution < -0.4 is 0 Å². The van der Waals surface area contributed by atoms with Crippen LogP contribution in [0.25, 0.3) is 0 Å². The minimum absolute atomic E-state index is 1.11. The molecule has 0 fully saturated rings. The molecule has 0 radical (unpaired) electrons. The summed E-state index contributed by atoms with van der Waals surface area (Å²) in [7, 11) is 0. The maximum Gasteiger partial charge on any atom is -0.0169 e. The molecule has 0 saturated heterocycles. The summed E-state index contributed by atoms with van der Waals surface area (Å²) in [5, 5.41) is 0. The van der Waals surface area contributed by atoms with Gasteiger partial charge in [-0.1, -0.05) is 42.9 Å². The van der Waals surface area contributed by atoms with Gasteiger partial charge in [-0.15, -0.1) is 0 Å². The Morgan fingerprint density at radius 3 is 1.64 bits per heavy atom. The van der Waals surface area contributed by atoms with Gasteiger partial charge >= 0.3 is 0 Å². The van der Waals surface area contributed by atoms with Gasteiger partial charge in [-0.25, -0.2) is 0 Å². The normalized spacial score (nSPS) is 27.4. The van der Waals surface area contributed by atoms with Crippen LogP contribution in [0.15, 0.2) is 36.5 Å². The molecule has 1 rings (SSSR count). The maximum atomic E-state index is 2.34. The van der Waals surface area contributed by atoms with E-state index in [0.717, 1.165) is 6.42 Å². The summed E-state index contributed by atoms with van der Waals surface area (Å²) in [5.74, 6) is 0. The standard InChI is InChI=1S/C14H22/c1-2-4-6-8-10-12-14-13-11-9-7-5-3-1/h1-2,5,7-8,10H,3-4,6,9,11-14H2/b2-1+,7-5+,10-8+. The van der Waals surface area contributed by atoms with Crippen molar-refractivity contribution in [1.82, 2.24) is 0 Å². The van der Waals surface area contributed by atoms with Gasteiger partial charge in [-0.05, 0) is 44.9 Å². The smallest absolute Gasteiger partial charge is 0.0169 e. The highest BCUT2D eigenvalue weighted by Crippen LogP contribution is 2.06. The van der Waals surface area contributed by atoms with Gasteiger partial charge in [0.05, 0.1) is 0 Å². The van der Waals surface area contributed by atoms with Gasteiger partial charge < -0.3 is 0 Å². The first kappa shape index (κ1) is 11.3. The average molecular weight is 190 g/mol. The van der Waals surface area contributed by atoms with E-state index in [4.69, 9.17) is 0 Å². The van der Waals surface area contributed by atoms with Crippen molar-refractivity contribution in [3.63, 3.8) is 0 Å². The van der Waals surface area contributed by atoms with Crippen molar-refractivity contribution in [2.75, 3.05) is 0 Å². The fraction of sp³-hybridized carbons (Fsp3) is 0.571. The summed E-state index contributed by atoms with van der Waals surface area (Å²) in [5.41, 5.74) is 0. The lowest BCUT2D eigenvalue weighted by Gasteiger charge is -1.96. The van der Waals surface area contributed by atoms with Gasteiger partial charge in [-0.3, -0.25) is 0 Å². The Morgan fingerprint density at radius 2 is 0.929 bits per heavy atom. The Kier molecular flexibility index (Phi) is 7.10. The quantitative estimate of drug-likeness (QED) is 0.482. The predicted octanol–water partition coefficient (Wildman–Crippen LogP) is 4.79. The van der Waals surface area contributed by atoms with E-state index in [0.29, 0.717) is 0 Å². The molecule has 0 spiro atoms. The van der Waals surface area contributed by atoms with Gasteiger partial charge in [0.1, 0.15) is 0 Å². The number of hydrogen-bond acceptors (Lipinski definition) is 0. The molecule has 0 nitrogen and oxygen atoms in total. The average Bonchev–Trinajstić information content (AvgIpc) is 2.22. The summed E-state index contributed by atoms with van der Waals surface area (Å²) in [6, 6.07) is 0. The Hall–Kier alpha value is -0.780. The molecule has 0 N–H and O–H groups in total. The summed E-state index contributed by atoms with van der Waals surface area (Å²) >= 11 is 0. The van der Waals surface area contributed by atoms with Crippen molar-refractivity contribution < 1.29 is 0 Å². The first-order chi connectivity index (χ1) is 7.00. The molecule has 0 heteroatoms. The Balaban J connectivity index is 2.25. The van der Waals surface area contributed by atoms with Crippen molar-refractivity contribution in [3.8, 4) is 0 Å². The van der Waals surface area contributed by atoms with Crippen molar-refractivity contribution >= 4 is 0 Å². The molecule has 0 heterocycles. The molecule has 1 aliphatic carbocycles. The lowest BCUT2D eigenvalue weighted by molar-refractivity contribution is 0.694. The zero-order valence-corrected chi connectivity index (χ0v) is 9.12. The maximum absolute atomic E-state index is 2.34. The van der Waals surface area contributed by atoms with Crippen molar-refractivity contribution in [2.24, 2.45) is 0 Å². The van der Waals surface area contributed by atoms with E-state index in [1.54, 1.807) is 0 Å². The number of allylic oxidation sites excluding steroid dienone is 6. The zero-order chi connectivity index (χ0) is 9.90. The van der Waals surface area contributed by atoms with Gasteiger partial charge in [0.15, 0.2) is 0 Å². The molecule has 0 saturated carbocycles. The third-order valence-electron chi connectivity index (χ3n) is 2.51. The third-order valence-corrected chi connectivity index (χ3v) is 2.51. The molecule has 0 aliphatic heterocycles. The van der Waals surface area contributed by atoms with Crippen LogP contribution in [0.3, 0.4) is 0 Å². The second kappa shape index (κ2) is 8.80. The minimum atomic E-state index is 1.11. The van der Waals surface area contributed by atoms with E-state index in [1.807, 2.05) is 0 Å². The van der Waals surface area contributed by atoms with Crippen LogP contribution in [0, 0.1) is 0 Å². The van der Waals surface area contributed by atoms with E-state index in [1.165, 1.54) is 44.9 Å². The number of rotatable bonds is 0. The topological polar surface area (TPSA) is 0 Å². The summed E-state index contributed by atoms with van der Waals surface area (Å²) < 4.78 is 0. The molecule has 0 amide bonds. The first-order valence-corrected chi connectivity index (χ1v) is 5.95. The Labute approximate surface area is 88.4 Å². The Bertz CT molecular complexity index is 196. The van der Waals surface area contributed by atoms with Crippen LogP contribution in [0.4, 0.5) is 0 Å². The number of hydrogen-bond donors (Lipinski definition) is 0. The monoisotopic (exact) mass is 190 g/mol. The second-order valence-corrected chi connectivity index (χ2v) is 3.87. The zero-order valence-electron chi connectivity index (χ0n) is 9.12. The largest absolute Gasteiger partial charge is 0.0885 e. The Morgan fingerprint density at radius 1 is 0.429 bits per heavy atom. The second-order valence-electron chi connectivity index (χ2n) is 3.87. The van der Waals surface area contributed by atoms with Crippen molar-refractivity contribution in [3.05, 3.63) is 36.5 Å². The summed E-state index contributed by atoms with van der Waals surface area (Å²) in [6.45, 7) is 0. The predicted molar refractivity (Wildman–Crippen MR) is 64.4 cm³/mol. The van der Waals surface area contributed by atoms with E-state index < -0.39 is 0 Å². The molecular formula is C14H22. The van der Waals surface area contributed by atoms with Crippen LogP contribution in [0.2, 0.25) is 0 Å².